The first-order valence-electron chi connectivity index (χ1n) is 4.08. The Hall–Kier alpha value is -0.650. The monoisotopic (exact) mass is 302 g/mol. The third-order valence-corrected chi connectivity index (χ3v) is 2.10. The van der Waals surface area contributed by atoms with Crippen molar-refractivity contribution in [1.29, 1.82) is 0 Å². The summed E-state index contributed by atoms with van der Waals surface area (Å²) in [6, 6.07) is 14.5. The van der Waals surface area contributed by atoms with E-state index in [2.05, 4.69) is 24.3 Å². The van der Waals surface area contributed by atoms with Gasteiger partial charge in [-0.3, -0.25) is 0 Å². The van der Waals surface area contributed by atoms with Crippen LogP contribution in [0.1, 0.15) is 5.56 Å². The molecule has 0 saturated heterocycles. The molecule has 14 heavy (non-hydrogen) atoms. The molecule has 0 spiro atoms. The van der Waals surface area contributed by atoms with Gasteiger partial charge in [-0.05, 0) is 16.3 Å². The van der Waals surface area contributed by atoms with Crippen LogP contribution in [0.5, 0.6) is 0 Å². The second kappa shape index (κ2) is 5.95. The molecule has 0 atom stereocenters. The number of benzene rings is 2. The Balaban J connectivity index is 0.000000845. The smallest absolute Gasteiger partial charge is 0.0184 e. The number of fused-ring (bicyclic) bond motifs is 1. The van der Waals surface area contributed by atoms with Crippen molar-refractivity contribution >= 4 is 34.7 Å². The highest BCUT2D eigenvalue weighted by Gasteiger charge is 1.95. The maximum absolute atomic E-state index is 5.62. The molecule has 0 aliphatic rings. The molecule has 5 N–H and O–H groups in total. The van der Waals surface area contributed by atoms with E-state index in [0.29, 0.717) is 6.54 Å². The summed E-state index contributed by atoms with van der Waals surface area (Å²) in [5.41, 5.74) is 6.83. The Morgan fingerprint density at radius 3 is 2.29 bits per heavy atom. The fourth-order valence-electron chi connectivity index (χ4n) is 1.47. The summed E-state index contributed by atoms with van der Waals surface area (Å²) < 4.78 is 0. The molecule has 0 amide bonds. The van der Waals surface area contributed by atoms with Crippen LogP contribution in [0.3, 0.4) is 0 Å². The van der Waals surface area contributed by atoms with Crippen molar-refractivity contribution in [3.8, 4) is 0 Å². The Morgan fingerprint density at radius 2 is 1.57 bits per heavy atom. The Kier molecular flexibility index (Phi) is 5.68. The van der Waals surface area contributed by atoms with Gasteiger partial charge >= 0.3 is 0 Å². The Labute approximate surface area is 101 Å². The molecular formula is C11H15IN2. The second-order valence-corrected chi connectivity index (χ2v) is 2.84. The quantitative estimate of drug-likeness (QED) is 0.795. The average Bonchev–Trinajstić information content (AvgIpc) is 2.17. The third-order valence-electron chi connectivity index (χ3n) is 2.10. The number of nitrogens with two attached hydrogens (primary N) is 1. The molecule has 0 aliphatic heterocycles. The van der Waals surface area contributed by atoms with Crippen molar-refractivity contribution in [3.05, 3.63) is 48.0 Å². The lowest BCUT2D eigenvalue weighted by molar-refractivity contribution is 1.09. The number of rotatable bonds is 1. The summed E-state index contributed by atoms with van der Waals surface area (Å²) in [5, 5.41) is 2.53. The minimum atomic E-state index is 0. The predicted molar refractivity (Wildman–Crippen MR) is 72.3 cm³/mol. The standard InChI is InChI=1S/C11H11N.HI.H3N/c12-8-10-6-3-5-9-4-1-2-7-11(9)10;;/h1-7H,8,12H2;1H;1H3. The van der Waals surface area contributed by atoms with Gasteiger partial charge in [-0.1, -0.05) is 42.5 Å². The van der Waals surface area contributed by atoms with E-state index < -0.39 is 0 Å². The van der Waals surface area contributed by atoms with E-state index in [1.807, 2.05) is 18.2 Å². The van der Waals surface area contributed by atoms with Gasteiger partial charge in [-0.2, -0.15) is 0 Å². The fourth-order valence-corrected chi connectivity index (χ4v) is 1.47. The molecule has 2 nitrogen and oxygen atoms in total. The van der Waals surface area contributed by atoms with Crippen molar-refractivity contribution in [1.82, 2.24) is 6.15 Å². The normalized spacial score (nSPS) is 8.93. The van der Waals surface area contributed by atoms with Crippen LogP contribution in [0.2, 0.25) is 0 Å². The summed E-state index contributed by atoms with van der Waals surface area (Å²) in [6.45, 7) is 0.612. The maximum Gasteiger partial charge on any atom is 0.0184 e. The molecule has 76 valence electrons. The molecule has 0 heterocycles. The highest BCUT2D eigenvalue weighted by atomic mass is 127. The van der Waals surface area contributed by atoms with Crippen molar-refractivity contribution in [2.75, 3.05) is 0 Å². The Bertz CT molecular complexity index is 396. The SMILES string of the molecule is I.N.NCc1cccc2ccccc12. The minimum Gasteiger partial charge on any atom is -0.344 e. The minimum absolute atomic E-state index is 0. The average molecular weight is 302 g/mol. The summed E-state index contributed by atoms with van der Waals surface area (Å²) in [5.74, 6) is 0. The Morgan fingerprint density at radius 1 is 0.929 bits per heavy atom. The second-order valence-electron chi connectivity index (χ2n) is 2.84. The molecule has 3 heteroatoms. The van der Waals surface area contributed by atoms with E-state index in [9.17, 15) is 0 Å². The summed E-state index contributed by atoms with van der Waals surface area (Å²) in [7, 11) is 0. The zero-order valence-corrected chi connectivity index (χ0v) is 10.3. The van der Waals surface area contributed by atoms with Gasteiger partial charge < -0.3 is 11.9 Å². The van der Waals surface area contributed by atoms with Gasteiger partial charge in [0.15, 0.2) is 0 Å². The maximum atomic E-state index is 5.62. The van der Waals surface area contributed by atoms with E-state index in [-0.39, 0.29) is 30.1 Å². The first-order chi connectivity index (χ1) is 5.92. The molecule has 2 aromatic rings. The van der Waals surface area contributed by atoms with E-state index in [4.69, 9.17) is 5.73 Å². The van der Waals surface area contributed by atoms with Crippen molar-refractivity contribution in [2.45, 2.75) is 6.54 Å². The van der Waals surface area contributed by atoms with Gasteiger partial charge in [0.2, 0.25) is 0 Å². The zero-order valence-electron chi connectivity index (χ0n) is 7.94. The lowest BCUT2D eigenvalue weighted by atomic mass is 10.1. The van der Waals surface area contributed by atoms with Crippen LogP contribution in [0.25, 0.3) is 10.8 Å². The van der Waals surface area contributed by atoms with Crippen molar-refractivity contribution in [3.63, 3.8) is 0 Å². The number of hydrogen-bond acceptors (Lipinski definition) is 2. The van der Waals surface area contributed by atoms with Gasteiger partial charge in [0.25, 0.3) is 0 Å². The van der Waals surface area contributed by atoms with Gasteiger partial charge in [-0.25, -0.2) is 0 Å². The molecule has 0 saturated carbocycles. The topological polar surface area (TPSA) is 61.0 Å². The van der Waals surface area contributed by atoms with Crippen LogP contribution in [0.15, 0.2) is 42.5 Å². The largest absolute Gasteiger partial charge is 0.344 e. The lowest BCUT2D eigenvalue weighted by Gasteiger charge is -2.02. The highest BCUT2D eigenvalue weighted by Crippen LogP contribution is 2.17. The molecular weight excluding hydrogens is 287 g/mol. The summed E-state index contributed by atoms with van der Waals surface area (Å²) in [6.07, 6.45) is 0. The van der Waals surface area contributed by atoms with Gasteiger partial charge in [0.05, 0.1) is 0 Å². The van der Waals surface area contributed by atoms with Crippen LogP contribution in [0, 0.1) is 0 Å². The molecule has 0 radical (unpaired) electrons. The molecule has 2 rings (SSSR count). The van der Waals surface area contributed by atoms with E-state index in [0.717, 1.165) is 0 Å². The van der Waals surface area contributed by atoms with Gasteiger partial charge in [0.1, 0.15) is 0 Å². The van der Waals surface area contributed by atoms with Crippen LogP contribution in [-0.4, -0.2) is 0 Å². The third kappa shape index (κ3) is 2.43. The summed E-state index contributed by atoms with van der Waals surface area (Å²) >= 11 is 0. The van der Waals surface area contributed by atoms with Crippen LogP contribution < -0.4 is 11.9 Å². The molecule has 2 aromatic carbocycles. The fraction of sp³-hybridized carbons (Fsp3) is 0.0909. The first kappa shape index (κ1) is 13.4. The number of halogens is 1. The highest BCUT2D eigenvalue weighted by molar-refractivity contribution is 14.0. The van der Waals surface area contributed by atoms with Gasteiger partial charge in [-0.15, -0.1) is 24.0 Å². The van der Waals surface area contributed by atoms with Crippen LogP contribution in [0.4, 0.5) is 0 Å². The first-order valence-corrected chi connectivity index (χ1v) is 4.08. The van der Waals surface area contributed by atoms with Crippen LogP contribution >= 0.6 is 24.0 Å². The van der Waals surface area contributed by atoms with Crippen molar-refractivity contribution < 1.29 is 0 Å². The molecule has 0 unspecified atom stereocenters. The van der Waals surface area contributed by atoms with Gasteiger partial charge in [0, 0.05) is 6.54 Å². The zero-order chi connectivity index (χ0) is 8.39. The molecule has 0 aliphatic carbocycles. The molecule has 0 bridgehead atoms. The van der Waals surface area contributed by atoms with Crippen molar-refractivity contribution in [2.24, 2.45) is 5.73 Å². The predicted octanol–water partition coefficient (Wildman–Crippen LogP) is 3.08. The molecule has 0 fully saturated rings. The van der Waals surface area contributed by atoms with E-state index >= 15 is 0 Å². The van der Waals surface area contributed by atoms with E-state index in [1.165, 1.54) is 16.3 Å². The lowest BCUT2D eigenvalue weighted by Crippen LogP contribution is -1.96. The summed E-state index contributed by atoms with van der Waals surface area (Å²) in [4.78, 5) is 0. The van der Waals surface area contributed by atoms with Crippen LogP contribution in [-0.2, 0) is 6.54 Å². The van der Waals surface area contributed by atoms with E-state index in [1.54, 1.807) is 0 Å². The number of hydrogen-bond donors (Lipinski definition) is 2. The molecule has 0 aromatic heterocycles.